The Bertz CT molecular complexity index is 3010. The van der Waals surface area contributed by atoms with E-state index in [1.54, 1.807) is 0 Å². The van der Waals surface area contributed by atoms with Gasteiger partial charge in [0.2, 0.25) is 0 Å². The smallest absolute Gasteiger partial charge is 0.0541 e. The molecule has 7 aromatic carbocycles. The molecule has 0 N–H and O–H groups in total. The Morgan fingerprint density at radius 3 is 1.32 bits per heavy atom. The third kappa shape index (κ3) is 6.06. The van der Waals surface area contributed by atoms with Crippen molar-refractivity contribution in [3.63, 3.8) is 0 Å². The summed E-state index contributed by atoms with van der Waals surface area (Å²) in [7, 11) is 0. The van der Waals surface area contributed by atoms with Crippen LogP contribution in [0.25, 0.3) is 77.7 Å². The normalized spacial score (nSPS) is 13.0. The van der Waals surface area contributed by atoms with Crippen molar-refractivity contribution in [2.24, 2.45) is 0 Å². The van der Waals surface area contributed by atoms with Gasteiger partial charge in [-0.05, 0) is 112 Å². The van der Waals surface area contributed by atoms with Gasteiger partial charge in [-0.2, -0.15) is 0 Å². The van der Waals surface area contributed by atoms with Crippen LogP contribution in [-0.2, 0) is 6.42 Å². The molecule has 0 aliphatic rings. The number of hydrogen-bond donors (Lipinski definition) is 0. The molecule has 60 heavy (non-hydrogen) atoms. The van der Waals surface area contributed by atoms with E-state index in [1.165, 1.54) is 65.8 Å². The highest BCUT2D eigenvalue weighted by Gasteiger charge is 2.20. The molecule has 4 heteroatoms. The molecular formula is C56H48N4. The summed E-state index contributed by atoms with van der Waals surface area (Å²) in [5.74, 6) is 0. The number of benzene rings is 7. The average Bonchev–Trinajstić information content (AvgIpc) is 3.93. The molecule has 0 aliphatic heterocycles. The van der Waals surface area contributed by atoms with Crippen LogP contribution in [0.15, 0.2) is 194 Å². The van der Waals surface area contributed by atoms with Gasteiger partial charge in [0.1, 0.15) is 0 Å². The molecule has 0 aliphatic carbocycles. The minimum absolute atomic E-state index is 0.0139. The van der Waals surface area contributed by atoms with E-state index in [4.69, 9.17) is 0 Å². The van der Waals surface area contributed by atoms with Crippen LogP contribution < -0.4 is 4.90 Å². The SMILES string of the molecule is C/C=C\c1c(CC)n(C(/C=C\C(C)N(c2ccc(-n3c4ccccc4c4ccccc43)cc2)c2ccc(-n3c4ccccc4c4ccccc43)cc2)=C/C)c2ccccc12. The van der Waals surface area contributed by atoms with E-state index >= 15 is 0 Å². The molecule has 10 aromatic rings. The van der Waals surface area contributed by atoms with Crippen LogP contribution in [0, 0.1) is 0 Å². The molecule has 292 valence electrons. The number of fused-ring (bicyclic) bond motifs is 7. The fourth-order valence-electron chi connectivity index (χ4n) is 9.48. The zero-order valence-corrected chi connectivity index (χ0v) is 34.6. The number of rotatable bonds is 10. The summed E-state index contributed by atoms with van der Waals surface area (Å²) in [6.07, 6.45) is 12.2. The Balaban J connectivity index is 1.08. The van der Waals surface area contributed by atoms with E-state index < -0.39 is 0 Å². The van der Waals surface area contributed by atoms with Crippen molar-refractivity contribution >= 4 is 77.7 Å². The topological polar surface area (TPSA) is 18.0 Å². The van der Waals surface area contributed by atoms with Gasteiger partial charge in [0.15, 0.2) is 0 Å². The number of anilines is 2. The van der Waals surface area contributed by atoms with Crippen molar-refractivity contribution in [3.8, 4) is 11.4 Å². The van der Waals surface area contributed by atoms with E-state index in [-0.39, 0.29) is 6.04 Å². The fourth-order valence-corrected chi connectivity index (χ4v) is 9.48. The number of aromatic nitrogens is 3. The zero-order chi connectivity index (χ0) is 40.7. The third-order valence-electron chi connectivity index (χ3n) is 12.1. The Hall–Kier alpha value is -7.30. The van der Waals surface area contributed by atoms with E-state index in [0.29, 0.717) is 0 Å². The quantitative estimate of drug-likeness (QED) is 0.127. The molecule has 10 rings (SSSR count). The summed E-state index contributed by atoms with van der Waals surface area (Å²) in [5.41, 5.74) is 14.4. The fraction of sp³-hybridized carbons (Fsp3) is 0.107. The van der Waals surface area contributed by atoms with Crippen LogP contribution in [0.5, 0.6) is 0 Å². The Morgan fingerprint density at radius 1 is 0.517 bits per heavy atom. The molecule has 0 fully saturated rings. The minimum Gasteiger partial charge on any atom is -0.335 e. The molecule has 0 amide bonds. The third-order valence-corrected chi connectivity index (χ3v) is 12.1. The number of hydrogen-bond acceptors (Lipinski definition) is 1. The van der Waals surface area contributed by atoms with Crippen molar-refractivity contribution in [3.05, 3.63) is 205 Å². The molecule has 4 nitrogen and oxygen atoms in total. The molecule has 3 heterocycles. The lowest BCUT2D eigenvalue weighted by Gasteiger charge is -2.30. The minimum atomic E-state index is 0.0139. The molecule has 1 unspecified atom stereocenters. The molecule has 0 saturated heterocycles. The first-order chi connectivity index (χ1) is 29.6. The lowest BCUT2D eigenvalue weighted by atomic mass is 10.1. The van der Waals surface area contributed by atoms with Gasteiger partial charge in [-0.25, -0.2) is 0 Å². The summed E-state index contributed by atoms with van der Waals surface area (Å²) in [5, 5.41) is 6.34. The number of nitrogens with zero attached hydrogens (tertiary/aromatic N) is 4. The van der Waals surface area contributed by atoms with Crippen LogP contribution in [0.2, 0.25) is 0 Å². The zero-order valence-electron chi connectivity index (χ0n) is 34.6. The lowest BCUT2D eigenvalue weighted by Crippen LogP contribution is -2.26. The van der Waals surface area contributed by atoms with E-state index in [1.807, 2.05) is 0 Å². The maximum atomic E-state index is 2.45. The van der Waals surface area contributed by atoms with E-state index in [2.05, 4.69) is 247 Å². The van der Waals surface area contributed by atoms with Gasteiger partial charge in [0.05, 0.1) is 27.6 Å². The van der Waals surface area contributed by atoms with Crippen LogP contribution in [0.4, 0.5) is 11.4 Å². The molecular weight excluding hydrogens is 729 g/mol. The predicted octanol–water partition coefficient (Wildman–Crippen LogP) is 15.1. The van der Waals surface area contributed by atoms with Gasteiger partial charge < -0.3 is 18.6 Å². The van der Waals surface area contributed by atoms with Gasteiger partial charge in [-0.1, -0.05) is 122 Å². The lowest BCUT2D eigenvalue weighted by molar-refractivity contribution is 0.862. The number of para-hydroxylation sites is 5. The molecule has 0 radical (unpaired) electrons. The molecule has 0 bridgehead atoms. The van der Waals surface area contributed by atoms with Crippen LogP contribution in [0.1, 0.15) is 39.0 Å². The average molecular weight is 777 g/mol. The number of allylic oxidation sites excluding steroid dienone is 4. The van der Waals surface area contributed by atoms with Gasteiger partial charge in [-0.15, -0.1) is 0 Å². The molecule has 3 aromatic heterocycles. The second kappa shape index (κ2) is 15.5. The summed E-state index contributed by atoms with van der Waals surface area (Å²) in [6.45, 7) is 8.80. The van der Waals surface area contributed by atoms with Crippen LogP contribution in [0.3, 0.4) is 0 Å². The van der Waals surface area contributed by atoms with Crippen molar-refractivity contribution in [2.45, 2.75) is 40.2 Å². The van der Waals surface area contributed by atoms with Gasteiger partial charge in [-0.3, -0.25) is 0 Å². The monoisotopic (exact) mass is 776 g/mol. The van der Waals surface area contributed by atoms with Crippen molar-refractivity contribution in [1.82, 2.24) is 13.7 Å². The summed E-state index contributed by atoms with van der Waals surface area (Å²) < 4.78 is 7.21. The highest BCUT2D eigenvalue weighted by Crippen LogP contribution is 2.37. The first-order valence-electron chi connectivity index (χ1n) is 21.2. The standard InChI is InChI=1S/C56H48N4/c1-5-18-45-46-19-8-13-24-52(46)58(51(45)7-3)40(6-2)30-29-39(4)57(41-31-35-43(36-32-41)59-53-25-14-9-20-47(53)48-21-10-15-26-54(48)59)42-33-37-44(38-34-42)60-55-27-16-11-22-49(55)50-23-12-17-28-56(50)60/h5-6,8-39H,7H2,1-4H3/b18-5-,30-29-,40-6+. The molecule has 0 spiro atoms. The van der Waals surface area contributed by atoms with E-state index in [0.717, 1.165) is 34.9 Å². The first-order valence-corrected chi connectivity index (χ1v) is 21.2. The largest absolute Gasteiger partial charge is 0.335 e. The Labute approximate surface area is 351 Å². The van der Waals surface area contributed by atoms with Crippen molar-refractivity contribution < 1.29 is 0 Å². The maximum absolute atomic E-state index is 2.45. The Kier molecular flexibility index (Phi) is 9.54. The van der Waals surface area contributed by atoms with Gasteiger partial charge in [0.25, 0.3) is 0 Å². The molecule has 0 saturated carbocycles. The van der Waals surface area contributed by atoms with Crippen molar-refractivity contribution in [1.29, 1.82) is 0 Å². The van der Waals surface area contributed by atoms with Crippen LogP contribution in [-0.4, -0.2) is 19.7 Å². The highest BCUT2D eigenvalue weighted by molar-refractivity contribution is 6.10. The second-order valence-corrected chi connectivity index (χ2v) is 15.5. The van der Waals surface area contributed by atoms with Gasteiger partial charge in [0, 0.05) is 72.7 Å². The molecule has 1 atom stereocenters. The first kappa shape index (κ1) is 37.0. The van der Waals surface area contributed by atoms with Crippen LogP contribution >= 0.6 is 0 Å². The summed E-state index contributed by atoms with van der Waals surface area (Å²) in [4.78, 5) is 2.45. The van der Waals surface area contributed by atoms with E-state index in [9.17, 15) is 0 Å². The maximum Gasteiger partial charge on any atom is 0.0541 e. The second-order valence-electron chi connectivity index (χ2n) is 15.5. The summed E-state index contributed by atoms with van der Waals surface area (Å²) >= 11 is 0. The Morgan fingerprint density at radius 2 is 0.917 bits per heavy atom. The summed E-state index contributed by atoms with van der Waals surface area (Å²) in [6, 6.07) is 61.8. The van der Waals surface area contributed by atoms with Gasteiger partial charge >= 0.3 is 0 Å². The predicted molar refractivity (Wildman–Crippen MR) is 258 cm³/mol. The van der Waals surface area contributed by atoms with Crippen molar-refractivity contribution in [2.75, 3.05) is 4.90 Å². The highest BCUT2D eigenvalue weighted by atomic mass is 15.2.